The standard InChI is InChI=1S/C16H30N2O2/c1-3-14-7-10-18(11-8-14)16(19)15-6-4-5-9-17(15)12-13-20-2/h14-15H,3-13H2,1-2H3. The van der Waals surface area contributed by atoms with Gasteiger partial charge in [-0.05, 0) is 38.1 Å². The van der Waals surface area contributed by atoms with Crippen molar-refractivity contribution in [1.29, 1.82) is 0 Å². The molecule has 1 unspecified atom stereocenters. The first kappa shape index (κ1) is 15.8. The van der Waals surface area contributed by atoms with Crippen molar-refractivity contribution in [3.05, 3.63) is 0 Å². The molecule has 0 radical (unpaired) electrons. The van der Waals surface area contributed by atoms with Crippen molar-refractivity contribution in [3.63, 3.8) is 0 Å². The van der Waals surface area contributed by atoms with Crippen LogP contribution in [0.1, 0.15) is 45.4 Å². The molecule has 4 nitrogen and oxygen atoms in total. The third kappa shape index (κ3) is 3.95. The van der Waals surface area contributed by atoms with Crippen LogP contribution in [0.3, 0.4) is 0 Å². The first-order chi connectivity index (χ1) is 9.76. The van der Waals surface area contributed by atoms with E-state index < -0.39 is 0 Å². The average molecular weight is 282 g/mol. The van der Waals surface area contributed by atoms with Gasteiger partial charge in [0.2, 0.25) is 5.91 Å². The molecule has 2 rings (SSSR count). The van der Waals surface area contributed by atoms with Gasteiger partial charge in [-0.3, -0.25) is 9.69 Å². The fourth-order valence-corrected chi connectivity index (χ4v) is 3.52. The topological polar surface area (TPSA) is 32.8 Å². The van der Waals surface area contributed by atoms with E-state index in [-0.39, 0.29) is 6.04 Å². The maximum atomic E-state index is 12.8. The van der Waals surface area contributed by atoms with Gasteiger partial charge in [-0.1, -0.05) is 19.8 Å². The minimum atomic E-state index is 0.108. The lowest BCUT2D eigenvalue weighted by Gasteiger charge is -2.39. The molecular weight excluding hydrogens is 252 g/mol. The fourth-order valence-electron chi connectivity index (χ4n) is 3.52. The van der Waals surface area contributed by atoms with E-state index in [2.05, 4.69) is 16.7 Å². The maximum absolute atomic E-state index is 12.8. The first-order valence-electron chi connectivity index (χ1n) is 8.28. The Hall–Kier alpha value is -0.610. The van der Waals surface area contributed by atoms with Gasteiger partial charge in [0.1, 0.15) is 0 Å². The van der Waals surface area contributed by atoms with Crippen molar-refractivity contribution >= 4 is 5.91 Å². The number of carbonyl (C=O) groups is 1. The smallest absolute Gasteiger partial charge is 0.239 e. The molecule has 2 heterocycles. The number of hydrogen-bond acceptors (Lipinski definition) is 3. The molecule has 2 saturated heterocycles. The Balaban J connectivity index is 1.88. The summed E-state index contributed by atoms with van der Waals surface area (Å²) in [6.45, 7) is 6.85. The Morgan fingerprint density at radius 2 is 1.90 bits per heavy atom. The molecule has 1 atom stereocenters. The van der Waals surface area contributed by atoms with Crippen molar-refractivity contribution < 1.29 is 9.53 Å². The fraction of sp³-hybridized carbons (Fsp3) is 0.938. The van der Waals surface area contributed by atoms with Crippen LogP contribution < -0.4 is 0 Å². The first-order valence-corrected chi connectivity index (χ1v) is 8.28. The molecule has 4 heteroatoms. The minimum absolute atomic E-state index is 0.108. The highest BCUT2D eigenvalue weighted by atomic mass is 16.5. The number of carbonyl (C=O) groups excluding carboxylic acids is 1. The van der Waals surface area contributed by atoms with Crippen LogP contribution in [0.25, 0.3) is 0 Å². The highest BCUT2D eigenvalue weighted by Gasteiger charge is 2.33. The molecule has 0 saturated carbocycles. The largest absolute Gasteiger partial charge is 0.383 e. The van der Waals surface area contributed by atoms with E-state index in [0.29, 0.717) is 5.91 Å². The van der Waals surface area contributed by atoms with Gasteiger partial charge in [-0.2, -0.15) is 0 Å². The molecule has 2 fully saturated rings. The van der Waals surface area contributed by atoms with Crippen LogP contribution in [0.5, 0.6) is 0 Å². The Kier molecular flexibility index (Phi) is 6.30. The number of nitrogens with zero attached hydrogens (tertiary/aromatic N) is 2. The number of hydrogen-bond donors (Lipinski definition) is 0. The summed E-state index contributed by atoms with van der Waals surface area (Å²) < 4.78 is 5.18. The molecule has 1 amide bonds. The Labute approximate surface area is 123 Å². The molecular formula is C16H30N2O2. The highest BCUT2D eigenvalue weighted by molar-refractivity contribution is 5.82. The number of ether oxygens (including phenoxy) is 1. The van der Waals surface area contributed by atoms with Crippen LogP contribution in [-0.4, -0.2) is 61.6 Å². The van der Waals surface area contributed by atoms with Crippen molar-refractivity contribution in [3.8, 4) is 0 Å². The van der Waals surface area contributed by atoms with E-state index in [9.17, 15) is 4.79 Å². The van der Waals surface area contributed by atoms with Gasteiger partial charge in [0.15, 0.2) is 0 Å². The minimum Gasteiger partial charge on any atom is -0.383 e. The zero-order chi connectivity index (χ0) is 14.4. The molecule has 0 aliphatic carbocycles. The van der Waals surface area contributed by atoms with Gasteiger partial charge in [-0.25, -0.2) is 0 Å². The molecule has 0 aromatic carbocycles. The third-order valence-electron chi connectivity index (χ3n) is 4.98. The second-order valence-corrected chi connectivity index (χ2v) is 6.22. The number of likely N-dealkylation sites (tertiary alicyclic amines) is 2. The van der Waals surface area contributed by atoms with E-state index in [1.54, 1.807) is 7.11 Å². The van der Waals surface area contributed by atoms with Gasteiger partial charge in [0.25, 0.3) is 0 Å². The predicted octanol–water partition coefficient (Wildman–Crippen LogP) is 2.14. The zero-order valence-electron chi connectivity index (χ0n) is 13.1. The molecule has 0 bridgehead atoms. The van der Waals surface area contributed by atoms with Crippen molar-refractivity contribution in [2.75, 3.05) is 39.9 Å². The molecule has 116 valence electrons. The van der Waals surface area contributed by atoms with Crippen LogP contribution in [0.2, 0.25) is 0 Å². The number of amides is 1. The predicted molar refractivity (Wildman–Crippen MR) is 80.7 cm³/mol. The van der Waals surface area contributed by atoms with Crippen molar-refractivity contribution in [2.24, 2.45) is 5.92 Å². The molecule has 0 aromatic heterocycles. The van der Waals surface area contributed by atoms with Crippen LogP contribution in [0.4, 0.5) is 0 Å². The van der Waals surface area contributed by atoms with Crippen LogP contribution in [0, 0.1) is 5.92 Å². The SMILES string of the molecule is CCC1CCN(C(=O)C2CCCCN2CCOC)CC1. The lowest BCUT2D eigenvalue weighted by molar-refractivity contribution is -0.140. The molecule has 2 aliphatic heterocycles. The van der Waals surface area contributed by atoms with Crippen molar-refractivity contribution in [1.82, 2.24) is 9.80 Å². The lowest BCUT2D eigenvalue weighted by atomic mass is 9.93. The summed E-state index contributed by atoms with van der Waals surface area (Å²) in [6.07, 6.45) is 7.05. The number of methoxy groups -OCH3 is 1. The molecule has 0 N–H and O–H groups in total. The summed E-state index contributed by atoms with van der Waals surface area (Å²) in [6, 6.07) is 0.108. The van der Waals surface area contributed by atoms with Gasteiger partial charge in [-0.15, -0.1) is 0 Å². The second-order valence-electron chi connectivity index (χ2n) is 6.22. The van der Waals surface area contributed by atoms with E-state index in [0.717, 1.165) is 45.1 Å². The molecule has 0 aromatic rings. The van der Waals surface area contributed by atoms with Gasteiger partial charge in [0, 0.05) is 26.7 Å². The van der Waals surface area contributed by atoms with E-state index >= 15 is 0 Å². The molecule has 0 spiro atoms. The normalized spacial score (nSPS) is 25.9. The summed E-state index contributed by atoms with van der Waals surface area (Å²) in [5, 5.41) is 0. The quantitative estimate of drug-likeness (QED) is 0.774. The highest BCUT2D eigenvalue weighted by Crippen LogP contribution is 2.24. The van der Waals surface area contributed by atoms with Gasteiger partial charge >= 0.3 is 0 Å². The van der Waals surface area contributed by atoms with Crippen LogP contribution in [-0.2, 0) is 9.53 Å². The Morgan fingerprint density at radius 1 is 1.15 bits per heavy atom. The van der Waals surface area contributed by atoms with E-state index in [4.69, 9.17) is 4.74 Å². The Bertz CT molecular complexity index is 301. The summed E-state index contributed by atoms with van der Waals surface area (Å²) in [7, 11) is 1.73. The Morgan fingerprint density at radius 3 is 2.55 bits per heavy atom. The van der Waals surface area contributed by atoms with Gasteiger partial charge < -0.3 is 9.64 Å². The second kappa shape index (κ2) is 7.99. The third-order valence-corrected chi connectivity index (χ3v) is 4.98. The number of rotatable bonds is 5. The maximum Gasteiger partial charge on any atom is 0.239 e. The zero-order valence-corrected chi connectivity index (χ0v) is 13.1. The summed E-state index contributed by atoms with van der Waals surface area (Å²) in [5.41, 5.74) is 0. The van der Waals surface area contributed by atoms with Crippen LogP contribution in [0.15, 0.2) is 0 Å². The number of piperidine rings is 2. The lowest BCUT2D eigenvalue weighted by Crippen LogP contribution is -2.53. The molecule has 2 aliphatic rings. The summed E-state index contributed by atoms with van der Waals surface area (Å²) in [5.74, 6) is 1.20. The van der Waals surface area contributed by atoms with E-state index in [1.807, 2.05) is 0 Å². The average Bonchev–Trinajstić information content (AvgIpc) is 2.52. The monoisotopic (exact) mass is 282 g/mol. The van der Waals surface area contributed by atoms with E-state index in [1.165, 1.54) is 32.1 Å². The van der Waals surface area contributed by atoms with Crippen molar-refractivity contribution in [2.45, 2.75) is 51.5 Å². The molecule has 20 heavy (non-hydrogen) atoms. The van der Waals surface area contributed by atoms with Crippen LogP contribution >= 0.6 is 0 Å². The summed E-state index contributed by atoms with van der Waals surface area (Å²) >= 11 is 0. The van der Waals surface area contributed by atoms with Gasteiger partial charge in [0.05, 0.1) is 12.6 Å². The summed E-state index contributed by atoms with van der Waals surface area (Å²) in [4.78, 5) is 17.2.